The topological polar surface area (TPSA) is 52.9 Å². The van der Waals surface area contributed by atoms with E-state index in [9.17, 15) is 19.0 Å². The molecular formula is C18H21F2NO3. The third kappa shape index (κ3) is 4.74. The highest BCUT2D eigenvalue weighted by Gasteiger charge is 2.16. The molecule has 0 aliphatic carbocycles. The zero-order valence-corrected chi connectivity index (χ0v) is 13.5. The second-order valence-corrected chi connectivity index (χ2v) is 5.46. The van der Waals surface area contributed by atoms with E-state index in [0.717, 1.165) is 17.7 Å². The lowest BCUT2D eigenvalue weighted by Gasteiger charge is -2.25. The van der Waals surface area contributed by atoms with Crippen LogP contribution in [0.25, 0.3) is 0 Å². The molecule has 0 spiro atoms. The van der Waals surface area contributed by atoms with Crippen molar-refractivity contribution in [3.05, 3.63) is 65.2 Å². The third-order valence-electron chi connectivity index (χ3n) is 3.76. The van der Waals surface area contributed by atoms with Crippen molar-refractivity contribution < 1.29 is 23.7 Å². The average Bonchev–Trinajstić information content (AvgIpc) is 2.58. The lowest BCUT2D eigenvalue weighted by Crippen LogP contribution is -2.31. The van der Waals surface area contributed by atoms with E-state index < -0.39 is 17.7 Å². The smallest absolute Gasteiger partial charge is 0.159 e. The number of rotatable bonds is 8. The number of benzene rings is 2. The second kappa shape index (κ2) is 8.73. The molecule has 2 aromatic rings. The predicted octanol–water partition coefficient (Wildman–Crippen LogP) is 2.50. The molecule has 1 atom stereocenters. The van der Waals surface area contributed by atoms with Crippen molar-refractivity contribution in [2.45, 2.75) is 12.6 Å². The fourth-order valence-electron chi connectivity index (χ4n) is 2.52. The first-order chi connectivity index (χ1) is 11.5. The Kier molecular flexibility index (Phi) is 6.66. The first-order valence-electron chi connectivity index (χ1n) is 7.63. The van der Waals surface area contributed by atoms with Gasteiger partial charge in [-0.1, -0.05) is 24.3 Å². The molecule has 0 bridgehead atoms. The van der Waals surface area contributed by atoms with Gasteiger partial charge >= 0.3 is 0 Å². The van der Waals surface area contributed by atoms with E-state index in [1.54, 1.807) is 7.11 Å². The summed E-state index contributed by atoms with van der Waals surface area (Å²) in [6.07, 6.45) is -0.999. The van der Waals surface area contributed by atoms with Gasteiger partial charge in [0.25, 0.3) is 0 Å². The standard InChI is InChI=1S/C18H21F2NO3/c1-24-18-5-3-2-4-14(18)11-21(8-9-22)12-17(23)13-6-7-15(19)16(20)10-13/h2-7,10,17,22-23H,8-9,11-12H2,1H3. The van der Waals surface area contributed by atoms with Crippen LogP contribution in [0.1, 0.15) is 17.2 Å². The van der Waals surface area contributed by atoms with Crippen molar-refractivity contribution in [2.24, 2.45) is 0 Å². The Morgan fingerprint density at radius 1 is 1.12 bits per heavy atom. The van der Waals surface area contributed by atoms with Crippen molar-refractivity contribution in [1.29, 1.82) is 0 Å². The summed E-state index contributed by atoms with van der Waals surface area (Å²) in [5.74, 6) is -1.24. The zero-order chi connectivity index (χ0) is 17.5. The van der Waals surface area contributed by atoms with E-state index in [-0.39, 0.29) is 18.7 Å². The minimum absolute atomic E-state index is 0.0837. The van der Waals surface area contributed by atoms with Gasteiger partial charge in [-0.25, -0.2) is 8.78 Å². The van der Waals surface area contributed by atoms with Gasteiger partial charge in [0.2, 0.25) is 0 Å². The molecular weight excluding hydrogens is 316 g/mol. The van der Waals surface area contributed by atoms with E-state index in [1.807, 2.05) is 29.2 Å². The van der Waals surface area contributed by atoms with Crippen LogP contribution in [-0.2, 0) is 6.54 Å². The van der Waals surface area contributed by atoms with Gasteiger partial charge < -0.3 is 14.9 Å². The maximum atomic E-state index is 13.3. The Hall–Kier alpha value is -2.02. The van der Waals surface area contributed by atoms with Gasteiger partial charge in [0.1, 0.15) is 5.75 Å². The lowest BCUT2D eigenvalue weighted by molar-refractivity contribution is 0.0948. The van der Waals surface area contributed by atoms with E-state index in [0.29, 0.717) is 18.8 Å². The monoisotopic (exact) mass is 337 g/mol. The van der Waals surface area contributed by atoms with Crippen LogP contribution in [0.5, 0.6) is 5.75 Å². The molecule has 0 radical (unpaired) electrons. The molecule has 2 N–H and O–H groups in total. The minimum atomic E-state index is -0.999. The van der Waals surface area contributed by atoms with Crippen LogP contribution in [0.4, 0.5) is 8.78 Å². The highest BCUT2D eigenvalue weighted by Crippen LogP contribution is 2.22. The van der Waals surface area contributed by atoms with Crippen molar-refractivity contribution in [2.75, 3.05) is 26.8 Å². The summed E-state index contributed by atoms with van der Waals surface area (Å²) in [6.45, 7) is 0.868. The van der Waals surface area contributed by atoms with Crippen molar-refractivity contribution >= 4 is 0 Å². The van der Waals surface area contributed by atoms with Gasteiger partial charge in [0, 0.05) is 25.2 Å². The van der Waals surface area contributed by atoms with Crippen LogP contribution < -0.4 is 4.74 Å². The van der Waals surface area contributed by atoms with Crippen LogP contribution in [-0.4, -0.2) is 41.9 Å². The number of halogens is 2. The lowest BCUT2D eigenvalue weighted by atomic mass is 10.1. The van der Waals surface area contributed by atoms with E-state index in [4.69, 9.17) is 4.74 Å². The van der Waals surface area contributed by atoms with Crippen LogP contribution in [0.2, 0.25) is 0 Å². The first-order valence-corrected chi connectivity index (χ1v) is 7.63. The van der Waals surface area contributed by atoms with Crippen molar-refractivity contribution in [3.8, 4) is 5.75 Å². The van der Waals surface area contributed by atoms with Gasteiger partial charge in [0.05, 0.1) is 19.8 Å². The fourth-order valence-corrected chi connectivity index (χ4v) is 2.52. The van der Waals surface area contributed by atoms with Gasteiger partial charge in [-0.2, -0.15) is 0 Å². The molecule has 6 heteroatoms. The predicted molar refractivity (Wildman–Crippen MR) is 86.7 cm³/mol. The summed E-state index contributed by atoms with van der Waals surface area (Å²) in [4.78, 5) is 1.82. The quantitative estimate of drug-likeness (QED) is 0.777. The molecule has 24 heavy (non-hydrogen) atoms. The van der Waals surface area contributed by atoms with Gasteiger partial charge in [0.15, 0.2) is 11.6 Å². The van der Waals surface area contributed by atoms with E-state index >= 15 is 0 Å². The summed E-state index contributed by atoms with van der Waals surface area (Å²) >= 11 is 0. The number of aliphatic hydroxyl groups is 2. The molecule has 130 valence electrons. The Bertz CT molecular complexity index is 666. The molecule has 2 aromatic carbocycles. The number of ether oxygens (including phenoxy) is 1. The number of aliphatic hydroxyl groups excluding tert-OH is 2. The fraction of sp³-hybridized carbons (Fsp3) is 0.333. The Labute approximate surface area is 139 Å². The molecule has 0 saturated heterocycles. The maximum Gasteiger partial charge on any atom is 0.159 e. The van der Waals surface area contributed by atoms with Crippen LogP contribution >= 0.6 is 0 Å². The molecule has 0 aliphatic heterocycles. The molecule has 1 unspecified atom stereocenters. The minimum Gasteiger partial charge on any atom is -0.496 e. The first kappa shape index (κ1) is 18.3. The number of methoxy groups -OCH3 is 1. The molecule has 0 heterocycles. The van der Waals surface area contributed by atoms with Crippen molar-refractivity contribution in [1.82, 2.24) is 4.90 Å². The Morgan fingerprint density at radius 3 is 2.54 bits per heavy atom. The second-order valence-electron chi connectivity index (χ2n) is 5.46. The summed E-state index contributed by atoms with van der Waals surface area (Å²) < 4.78 is 31.6. The summed E-state index contributed by atoms with van der Waals surface area (Å²) in [6, 6.07) is 10.8. The summed E-state index contributed by atoms with van der Waals surface area (Å²) in [7, 11) is 1.57. The highest BCUT2D eigenvalue weighted by atomic mass is 19.2. The van der Waals surface area contributed by atoms with E-state index in [1.165, 1.54) is 6.07 Å². The van der Waals surface area contributed by atoms with Crippen LogP contribution in [0, 0.1) is 11.6 Å². The summed E-state index contributed by atoms with van der Waals surface area (Å²) in [5, 5.41) is 19.5. The molecule has 0 saturated carbocycles. The number of hydrogen-bond donors (Lipinski definition) is 2. The third-order valence-corrected chi connectivity index (χ3v) is 3.76. The SMILES string of the molecule is COc1ccccc1CN(CCO)CC(O)c1ccc(F)c(F)c1. The summed E-state index contributed by atoms with van der Waals surface area (Å²) in [5.41, 5.74) is 1.20. The highest BCUT2D eigenvalue weighted by molar-refractivity contribution is 5.33. The van der Waals surface area contributed by atoms with Crippen LogP contribution in [0.3, 0.4) is 0 Å². The molecule has 0 fully saturated rings. The number of nitrogens with zero attached hydrogens (tertiary/aromatic N) is 1. The molecule has 0 aliphatic rings. The Morgan fingerprint density at radius 2 is 1.88 bits per heavy atom. The number of para-hydroxylation sites is 1. The Balaban J connectivity index is 2.11. The molecule has 0 aromatic heterocycles. The zero-order valence-electron chi connectivity index (χ0n) is 13.5. The molecule has 4 nitrogen and oxygen atoms in total. The van der Waals surface area contributed by atoms with Crippen LogP contribution in [0.15, 0.2) is 42.5 Å². The molecule has 2 rings (SSSR count). The van der Waals surface area contributed by atoms with Gasteiger partial charge in [-0.3, -0.25) is 4.90 Å². The normalized spacial score (nSPS) is 12.4. The average molecular weight is 337 g/mol. The largest absolute Gasteiger partial charge is 0.496 e. The van der Waals surface area contributed by atoms with E-state index in [2.05, 4.69) is 0 Å². The van der Waals surface area contributed by atoms with Gasteiger partial charge in [-0.05, 0) is 23.8 Å². The maximum absolute atomic E-state index is 13.3. The number of hydrogen-bond acceptors (Lipinski definition) is 4. The molecule has 0 amide bonds. The van der Waals surface area contributed by atoms with Crippen molar-refractivity contribution in [3.63, 3.8) is 0 Å². The van der Waals surface area contributed by atoms with Gasteiger partial charge in [-0.15, -0.1) is 0 Å².